The molecule has 2 aromatic carbocycles. The van der Waals surface area contributed by atoms with Crippen molar-refractivity contribution in [2.45, 2.75) is 52.0 Å². The van der Waals surface area contributed by atoms with Crippen LogP contribution in [0.3, 0.4) is 0 Å². The summed E-state index contributed by atoms with van der Waals surface area (Å²) < 4.78 is 11.0. The molecule has 0 N–H and O–H groups in total. The number of amides is 2. The van der Waals surface area contributed by atoms with Gasteiger partial charge in [-0.3, -0.25) is 4.90 Å². The molecule has 1 fully saturated rings. The molecule has 2 aliphatic heterocycles. The highest BCUT2D eigenvalue weighted by Gasteiger charge is 2.35. The van der Waals surface area contributed by atoms with Crippen molar-refractivity contribution in [1.82, 2.24) is 9.80 Å². The number of aldehydes is 1. The van der Waals surface area contributed by atoms with Gasteiger partial charge in [0.1, 0.15) is 18.5 Å². The molecule has 0 saturated carbocycles. The quantitative estimate of drug-likeness (QED) is 0.617. The van der Waals surface area contributed by atoms with Gasteiger partial charge in [0.2, 0.25) is 0 Å². The zero-order valence-corrected chi connectivity index (χ0v) is 20.6. The average molecular weight is 480 g/mol. The van der Waals surface area contributed by atoms with Crippen LogP contribution in [0.4, 0.5) is 15.3 Å². The van der Waals surface area contributed by atoms with Gasteiger partial charge in [0.25, 0.3) is 0 Å². The maximum atomic E-state index is 12.7. The minimum Gasteiger partial charge on any atom is -0.445 e. The number of hydrogen-bond acceptors (Lipinski definition) is 6. The normalized spacial score (nSPS) is 18.0. The summed E-state index contributed by atoms with van der Waals surface area (Å²) in [7, 11) is 0. The standard InChI is InChI=1S/C27H33N3O5/c1-27(2,3)35-26(33)30-17-21-10-7-11-24(23(21)16-22(30)18-31)28-12-14-29(15-13-28)25(32)34-19-20-8-5-4-6-9-20/h4-11,18,22H,12-17,19H2,1-3H3. The summed E-state index contributed by atoms with van der Waals surface area (Å²) in [5.41, 5.74) is 3.46. The second-order valence-corrected chi connectivity index (χ2v) is 9.94. The maximum Gasteiger partial charge on any atom is 0.411 e. The van der Waals surface area contributed by atoms with E-state index in [-0.39, 0.29) is 12.7 Å². The van der Waals surface area contributed by atoms with Crippen molar-refractivity contribution in [1.29, 1.82) is 0 Å². The van der Waals surface area contributed by atoms with Crippen molar-refractivity contribution in [2.75, 3.05) is 31.1 Å². The van der Waals surface area contributed by atoms with E-state index in [2.05, 4.69) is 4.90 Å². The number of nitrogens with zero attached hydrogens (tertiary/aromatic N) is 3. The Morgan fingerprint density at radius 1 is 0.971 bits per heavy atom. The van der Waals surface area contributed by atoms with E-state index in [0.29, 0.717) is 39.1 Å². The van der Waals surface area contributed by atoms with Gasteiger partial charge in [0.05, 0.1) is 12.6 Å². The number of carbonyl (C=O) groups excluding carboxylic acids is 3. The summed E-state index contributed by atoms with van der Waals surface area (Å²) in [5, 5.41) is 0. The van der Waals surface area contributed by atoms with Gasteiger partial charge < -0.3 is 24.1 Å². The third-order valence-corrected chi connectivity index (χ3v) is 6.27. The molecule has 8 heteroatoms. The molecule has 0 aliphatic carbocycles. The molecule has 1 saturated heterocycles. The predicted molar refractivity (Wildman–Crippen MR) is 132 cm³/mol. The molecule has 2 aromatic rings. The molecule has 2 amide bonds. The Morgan fingerprint density at radius 2 is 1.69 bits per heavy atom. The topological polar surface area (TPSA) is 79.4 Å². The number of rotatable bonds is 4. The van der Waals surface area contributed by atoms with Crippen LogP contribution < -0.4 is 4.90 Å². The van der Waals surface area contributed by atoms with Crippen LogP contribution in [0.1, 0.15) is 37.5 Å². The largest absolute Gasteiger partial charge is 0.445 e. The minimum absolute atomic E-state index is 0.257. The summed E-state index contributed by atoms with van der Waals surface area (Å²) in [6.45, 7) is 8.46. The highest BCUT2D eigenvalue weighted by atomic mass is 16.6. The van der Waals surface area contributed by atoms with E-state index in [1.807, 2.05) is 69.3 Å². The molecule has 4 rings (SSSR count). The Bertz CT molecular complexity index is 1060. The van der Waals surface area contributed by atoms with Crippen LogP contribution in [-0.4, -0.2) is 66.1 Å². The van der Waals surface area contributed by atoms with Crippen LogP contribution in [0, 0.1) is 0 Å². The number of benzene rings is 2. The van der Waals surface area contributed by atoms with Gasteiger partial charge in [0, 0.05) is 38.3 Å². The monoisotopic (exact) mass is 479 g/mol. The van der Waals surface area contributed by atoms with Crippen molar-refractivity contribution in [3.63, 3.8) is 0 Å². The maximum absolute atomic E-state index is 12.7. The highest BCUT2D eigenvalue weighted by molar-refractivity contribution is 5.76. The molecule has 1 unspecified atom stereocenters. The molecule has 1 atom stereocenters. The van der Waals surface area contributed by atoms with Crippen molar-refractivity contribution in [3.8, 4) is 0 Å². The van der Waals surface area contributed by atoms with Gasteiger partial charge in [-0.05, 0) is 43.5 Å². The number of fused-ring (bicyclic) bond motifs is 1. The Balaban J connectivity index is 1.40. The molecule has 0 aromatic heterocycles. The number of piperazine rings is 1. The molecule has 2 aliphatic rings. The fourth-order valence-corrected chi connectivity index (χ4v) is 4.50. The van der Waals surface area contributed by atoms with E-state index in [1.54, 1.807) is 4.90 Å². The highest BCUT2D eigenvalue weighted by Crippen LogP contribution is 2.32. The Labute approximate surface area is 206 Å². The van der Waals surface area contributed by atoms with Gasteiger partial charge in [-0.2, -0.15) is 0 Å². The first-order chi connectivity index (χ1) is 16.7. The van der Waals surface area contributed by atoms with Crippen LogP contribution in [-0.2, 0) is 33.8 Å². The lowest BCUT2D eigenvalue weighted by Crippen LogP contribution is -2.50. The Morgan fingerprint density at radius 3 is 2.34 bits per heavy atom. The van der Waals surface area contributed by atoms with E-state index in [4.69, 9.17) is 9.47 Å². The predicted octanol–water partition coefficient (Wildman–Crippen LogP) is 4.01. The first kappa shape index (κ1) is 24.6. The van der Waals surface area contributed by atoms with Gasteiger partial charge in [0.15, 0.2) is 0 Å². The van der Waals surface area contributed by atoms with Gasteiger partial charge in [-0.15, -0.1) is 0 Å². The molecular weight excluding hydrogens is 446 g/mol. The lowest BCUT2D eigenvalue weighted by molar-refractivity contribution is -0.113. The molecule has 0 bridgehead atoms. The van der Waals surface area contributed by atoms with Crippen LogP contribution in [0.25, 0.3) is 0 Å². The van der Waals surface area contributed by atoms with E-state index in [9.17, 15) is 14.4 Å². The molecule has 0 radical (unpaired) electrons. The van der Waals surface area contributed by atoms with Crippen molar-refractivity contribution >= 4 is 24.2 Å². The summed E-state index contributed by atoms with van der Waals surface area (Å²) in [6.07, 6.45) is 0.476. The number of carbonyl (C=O) groups is 3. The van der Waals surface area contributed by atoms with E-state index < -0.39 is 17.7 Å². The second kappa shape index (κ2) is 10.4. The SMILES string of the molecule is CC(C)(C)OC(=O)N1Cc2cccc(N3CCN(C(=O)OCc4ccccc4)CC3)c2CC1C=O. The molecule has 2 heterocycles. The minimum atomic E-state index is -0.630. The smallest absolute Gasteiger partial charge is 0.411 e. The van der Waals surface area contributed by atoms with Crippen molar-refractivity contribution in [2.24, 2.45) is 0 Å². The van der Waals surface area contributed by atoms with Crippen LogP contribution in [0.5, 0.6) is 0 Å². The molecule has 35 heavy (non-hydrogen) atoms. The van der Waals surface area contributed by atoms with E-state index >= 15 is 0 Å². The van der Waals surface area contributed by atoms with Crippen LogP contribution >= 0.6 is 0 Å². The molecule has 186 valence electrons. The zero-order valence-electron chi connectivity index (χ0n) is 20.6. The number of anilines is 1. The lowest BCUT2D eigenvalue weighted by atomic mass is 9.92. The average Bonchev–Trinajstić information content (AvgIpc) is 2.85. The Kier molecular flexibility index (Phi) is 7.28. The van der Waals surface area contributed by atoms with Crippen LogP contribution in [0.15, 0.2) is 48.5 Å². The van der Waals surface area contributed by atoms with Gasteiger partial charge >= 0.3 is 12.2 Å². The Hall–Kier alpha value is -3.55. The van der Waals surface area contributed by atoms with Crippen molar-refractivity contribution < 1.29 is 23.9 Å². The molecular formula is C27H33N3O5. The third kappa shape index (κ3) is 5.93. The molecule has 0 spiro atoms. The summed E-state index contributed by atoms with van der Waals surface area (Å²) >= 11 is 0. The van der Waals surface area contributed by atoms with E-state index in [0.717, 1.165) is 28.7 Å². The first-order valence-corrected chi connectivity index (χ1v) is 12.0. The third-order valence-electron chi connectivity index (χ3n) is 6.27. The first-order valence-electron chi connectivity index (χ1n) is 12.0. The van der Waals surface area contributed by atoms with Gasteiger partial charge in [-0.25, -0.2) is 9.59 Å². The second-order valence-electron chi connectivity index (χ2n) is 9.94. The summed E-state index contributed by atoms with van der Waals surface area (Å²) in [6, 6.07) is 15.1. The zero-order chi connectivity index (χ0) is 25.0. The summed E-state index contributed by atoms with van der Waals surface area (Å²) in [5.74, 6) is 0. The summed E-state index contributed by atoms with van der Waals surface area (Å²) in [4.78, 5) is 42.6. The number of ether oxygens (including phenoxy) is 2. The lowest BCUT2D eigenvalue weighted by Gasteiger charge is -2.40. The fourth-order valence-electron chi connectivity index (χ4n) is 4.50. The van der Waals surface area contributed by atoms with Crippen LogP contribution in [0.2, 0.25) is 0 Å². The van der Waals surface area contributed by atoms with Gasteiger partial charge in [-0.1, -0.05) is 42.5 Å². The van der Waals surface area contributed by atoms with Crippen molar-refractivity contribution in [3.05, 3.63) is 65.2 Å². The van der Waals surface area contributed by atoms with E-state index in [1.165, 1.54) is 4.90 Å². The number of hydrogen-bond donors (Lipinski definition) is 0. The molecule has 8 nitrogen and oxygen atoms in total. The fraction of sp³-hybridized carbons (Fsp3) is 0.444.